The first-order chi connectivity index (χ1) is 8.04. The van der Waals surface area contributed by atoms with Crippen molar-refractivity contribution in [2.24, 2.45) is 0 Å². The molecule has 88 valence electrons. The molecule has 0 spiro atoms. The first-order valence-corrected chi connectivity index (χ1v) is 4.92. The number of rotatable bonds is 3. The zero-order valence-electron chi connectivity index (χ0n) is 8.95. The van der Waals surface area contributed by atoms with E-state index in [9.17, 15) is 14.9 Å². The van der Waals surface area contributed by atoms with Gasteiger partial charge in [0.05, 0.1) is 27.6 Å². The van der Waals surface area contributed by atoms with Gasteiger partial charge in [-0.05, 0) is 13.0 Å². The van der Waals surface area contributed by atoms with Gasteiger partial charge in [0, 0.05) is 12.6 Å². The molecule has 0 saturated carbocycles. The monoisotopic (exact) mass is 235 g/mol. The highest BCUT2D eigenvalue weighted by atomic mass is 16.6. The number of nitro groups is 1. The number of nitrogens with zero attached hydrogens (tertiary/aromatic N) is 3. The maximum atomic E-state index is 10.9. The van der Waals surface area contributed by atoms with Gasteiger partial charge in [0.15, 0.2) is 0 Å². The summed E-state index contributed by atoms with van der Waals surface area (Å²) in [5.41, 5.74) is 0.109. The van der Waals surface area contributed by atoms with Gasteiger partial charge in [-0.15, -0.1) is 0 Å². The van der Waals surface area contributed by atoms with E-state index in [2.05, 4.69) is 5.10 Å². The van der Waals surface area contributed by atoms with Crippen LogP contribution in [0.1, 0.15) is 17.3 Å². The van der Waals surface area contributed by atoms with Crippen molar-refractivity contribution in [2.75, 3.05) is 0 Å². The highest BCUT2D eigenvalue weighted by Gasteiger charge is 2.19. The molecular weight excluding hydrogens is 226 g/mol. The van der Waals surface area contributed by atoms with Crippen molar-refractivity contribution in [1.29, 1.82) is 0 Å². The number of carboxylic acids is 1. The molecule has 0 aliphatic carbocycles. The molecule has 1 N–H and O–H groups in total. The molecular formula is C10H9N3O4. The molecule has 0 atom stereocenters. The minimum absolute atomic E-state index is 0.112. The Bertz CT molecular complexity index is 617. The van der Waals surface area contributed by atoms with Crippen LogP contribution < -0.4 is 0 Å². The van der Waals surface area contributed by atoms with E-state index in [0.717, 1.165) is 6.07 Å². The molecule has 0 unspecified atom stereocenters. The second kappa shape index (κ2) is 3.85. The number of aromatic nitrogens is 2. The molecule has 0 radical (unpaired) electrons. The van der Waals surface area contributed by atoms with Crippen LogP contribution in [-0.2, 0) is 6.54 Å². The molecule has 2 rings (SSSR count). The van der Waals surface area contributed by atoms with Gasteiger partial charge >= 0.3 is 5.97 Å². The number of non-ortho nitro benzene ring substituents is 1. The van der Waals surface area contributed by atoms with Crippen molar-refractivity contribution in [3.05, 3.63) is 34.0 Å². The summed E-state index contributed by atoms with van der Waals surface area (Å²) in [7, 11) is 0. The van der Waals surface area contributed by atoms with Crippen LogP contribution in [0.25, 0.3) is 10.9 Å². The van der Waals surface area contributed by atoms with Crippen LogP contribution in [0.5, 0.6) is 0 Å². The standard InChI is InChI=1S/C10H9N3O4/c1-2-12-8-3-6(10(14)15)4-9(13(16)17)7(8)5-11-12/h3-5H,2H2,1H3,(H,14,15). The Morgan fingerprint density at radius 2 is 2.29 bits per heavy atom. The van der Waals surface area contributed by atoms with E-state index in [4.69, 9.17) is 5.11 Å². The van der Waals surface area contributed by atoms with E-state index in [1.54, 1.807) is 0 Å². The van der Waals surface area contributed by atoms with Crippen LogP contribution in [0.4, 0.5) is 5.69 Å². The second-order valence-electron chi connectivity index (χ2n) is 3.45. The van der Waals surface area contributed by atoms with Gasteiger partial charge in [0.2, 0.25) is 0 Å². The van der Waals surface area contributed by atoms with Crippen molar-refractivity contribution in [1.82, 2.24) is 9.78 Å². The SMILES string of the molecule is CCn1ncc2c([N+](=O)[O-])cc(C(=O)O)cc21. The predicted octanol–water partition coefficient (Wildman–Crippen LogP) is 1.66. The van der Waals surface area contributed by atoms with Gasteiger partial charge in [-0.1, -0.05) is 0 Å². The van der Waals surface area contributed by atoms with Gasteiger partial charge in [0.25, 0.3) is 5.69 Å². The van der Waals surface area contributed by atoms with Crippen molar-refractivity contribution in [3.8, 4) is 0 Å². The Hall–Kier alpha value is -2.44. The number of benzene rings is 1. The van der Waals surface area contributed by atoms with Gasteiger partial charge < -0.3 is 5.11 Å². The fourth-order valence-corrected chi connectivity index (χ4v) is 1.68. The average molecular weight is 235 g/mol. The normalized spacial score (nSPS) is 10.6. The second-order valence-corrected chi connectivity index (χ2v) is 3.45. The highest BCUT2D eigenvalue weighted by Crippen LogP contribution is 2.27. The van der Waals surface area contributed by atoms with Crippen molar-refractivity contribution >= 4 is 22.6 Å². The minimum atomic E-state index is -1.20. The average Bonchev–Trinajstić information content (AvgIpc) is 2.69. The number of hydrogen-bond acceptors (Lipinski definition) is 4. The lowest BCUT2D eigenvalue weighted by Gasteiger charge is -2.01. The first-order valence-electron chi connectivity index (χ1n) is 4.92. The molecule has 0 fully saturated rings. The van der Waals surface area contributed by atoms with Crippen LogP contribution in [0, 0.1) is 10.1 Å². The highest BCUT2D eigenvalue weighted by molar-refractivity contribution is 5.97. The minimum Gasteiger partial charge on any atom is -0.478 e. The molecule has 1 aromatic heterocycles. The van der Waals surface area contributed by atoms with E-state index in [1.807, 2.05) is 6.92 Å². The Morgan fingerprint density at radius 3 is 2.82 bits per heavy atom. The Morgan fingerprint density at radius 1 is 1.59 bits per heavy atom. The summed E-state index contributed by atoms with van der Waals surface area (Å²) in [5.74, 6) is -1.20. The topological polar surface area (TPSA) is 98.3 Å². The maximum Gasteiger partial charge on any atom is 0.336 e. The summed E-state index contributed by atoms with van der Waals surface area (Å²) in [6, 6.07) is 2.44. The van der Waals surface area contributed by atoms with Gasteiger partial charge in [-0.3, -0.25) is 14.8 Å². The van der Waals surface area contributed by atoms with Crippen LogP contribution in [-0.4, -0.2) is 25.8 Å². The quantitative estimate of drug-likeness (QED) is 0.644. The van der Waals surface area contributed by atoms with Crippen molar-refractivity contribution in [2.45, 2.75) is 13.5 Å². The zero-order valence-corrected chi connectivity index (χ0v) is 8.95. The van der Waals surface area contributed by atoms with Gasteiger partial charge in [-0.25, -0.2) is 4.79 Å². The smallest absolute Gasteiger partial charge is 0.336 e. The molecule has 7 heteroatoms. The molecule has 17 heavy (non-hydrogen) atoms. The fraction of sp³-hybridized carbons (Fsp3) is 0.200. The third-order valence-corrected chi connectivity index (χ3v) is 2.48. The largest absolute Gasteiger partial charge is 0.478 e. The van der Waals surface area contributed by atoms with Crippen molar-refractivity contribution < 1.29 is 14.8 Å². The lowest BCUT2D eigenvalue weighted by atomic mass is 10.1. The van der Waals surface area contributed by atoms with Gasteiger partial charge in [0.1, 0.15) is 0 Å². The van der Waals surface area contributed by atoms with E-state index in [1.165, 1.54) is 16.9 Å². The third-order valence-electron chi connectivity index (χ3n) is 2.48. The number of fused-ring (bicyclic) bond motifs is 1. The lowest BCUT2D eigenvalue weighted by molar-refractivity contribution is -0.383. The molecule has 0 aliphatic rings. The lowest BCUT2D eigenvalue weighted by Crippen LogP contribution is -2.01. The summed E-state index contributed by atoms with van der Waals surface area (Å²) in [5, 5.41) is 24.1. The number of hydrogen-bond donors (Lipinski definition) is 1. The Labute approximate surface area is 95.4 Å². The fourth-order valence-electron chi connectivity index (χ4n) is 1.68. The van der Waals surface area contributed by atoms with E-state index in [0.29, 0.717) is 17.4 Å². The summed E-state index contributed by atoms with van der Waals surface area (Å²) in [6.07, 6.45) is 1.38. The molecule has 1 aromatic carbocycles. The number of nitro benzene ring substituents is 1. The summed E-state index contributed by atoms with van der Waals surface area (Å²) in [6.45, 7) is 2.34. The molecule has 0 saturated heterocycles. The summed E-state index contributed by atoms with van der Waals surface area (Å²) >= 11 is 0. The van der Waals surface area contributed by atoms with Crippen LogP contribution in [0.15, 0.2) is 18.3 Å². The summed E-state index contributed by atoms with van der Waals surface area (Å²) in [4.78, 5) is 21.2. The number of aromatic carboxylic acids is 1. The zero-order chi connectivity index (χ0) is 12.6. The third kappa shape index (κ3) is 1.71. The van der Waals surface area contributed by atoms with E-state index < -0.39 is 10.9 Å². The van der Waals surface area contributed by atoms with Crippen molar-refractivity contribution in [3.63, 3.8) is 0 Å². The maximum absolute atomic E-state index is 10.9. The van der Waals surface area contributed by atoms with E-state index in [-0.39, 0.29) is 11.3 Å². The predicted molar refractivity (Wildman–Crippen MR) is 59.0 cm³/mol. The molecule has 1 heterocycles. The molecule has 2 aromatic rings. The van der Waals surface area contributed by atoms with Crippen LogP contribution >= 0.6 is 0 Å². The molecule has 0 bridgehead atoms. The molecule has 0 aliphatic heterocycles. The Balaban J connectivity index is 2.83. The van der Waals surface area contributed by atoms with Crippen LogP contribution in [0.2, 0.25) is 0 Å². The van der Waals surface area contributed by atoms with Gasteiger partial charge in [-0.2, -0.15) is 5.10 Å². The molecule has 7 nitrogen and oxygen atoms in total. The number of aryl methyl sites for hydroxylation is 1. The summed E-state index contributed by atoms with van der Waals surface area (Å²) < 4.78 is 1.52. The Kier molecular flexibility index (Phi) is 2.51. The first kappa shape index (κ1) is 11.1. The van der Waals surface area contributed by atoms with E-state index >= 15 is 0 Å². The number of carbonyl (C=O) groups is 1. The molecule has 0 amide bonds. The number of carboxylic acid groups (broad SMARTS) is 1. The van der Waals surface area contributed by atoms with Crippen LogP contribution in [0.3, 0.4) is 0 Å².